The summed E-state index contributed by atoms with van der Waals surface area (Å²) < 4.78 is 5.45. The van der Waals surface area contributed by atoms with Crippen molar-refractivity contribution in [3.63, 3.8) is 0 Å². The largest absolute Gasteiger partial charge is 0.508 e. The summed E-state index contributed by atoms with van der Waals surface area (Å²) in [4.78, 5) is 60.1. The third-order valence-corrected chi connectivity index (χ3v) is 12.5. The van der Waals surface area contributed by atoms with Gasteiger partial charge in [-0.05, 0) is 97.5 Å². The van der Waals surface area contributed by atoms with Crippen LogP contribution in [0.1, 0.15) is 35.4 Å². The zero-order valence-corrected chi connectivity index (χ0v) is 31.3. The van der Waals surface area contributed by atoms with E-state index in [2.05, 4.69) is 5.43 Å². The van der Waals surface area contributed by atoms with Crippen LogP contribution in [0.15, 0.2) is 90.5 Å². The summed E-state index contributed by atoms with van der Waals surface area (Å²) in [5.74, 6) is -5.85. The highest BCUT2D eigenvalue weighted by molar-refractivity contribution is 6.36. The summed E-state index contributed by atoms with van der Waals surface area (Å²) in [6, 6.07) is 21.1. The molecule has 2 saturated heterocycles. The Balaban J connectivity index is 1.34. The van der Waals surface area contributed by atoms with E-state index in [9.17, 15) is 19.5 Å². The van der Waals surface area contributed by atoms with Crippen molar-refractivity contribution < 1.29 is 29.0 Å². The molecule has 0 spiro atoms. The number of phenolic OH excluding ortho intramolecular Hbond substituents is 1. The van der Waals surface area contributed by atoms with Gasteiger partial charge in [0.25, 0.3) is 11.8 Å². The number of nitrogens with zero attached hydrogens (tertiary/aromatic N) is 2. The number of hydrazine groups is 1. The SMILES string of the molecule is COc1ccc([C@@]23C(=O)N(Nc4ccc(Cl)cc4Cl)C(=O)[C@@H]2C[C@@H]2C(=CC[C@@H]4C(=O)N(c5ccc(C)c(Cl)c5)C(=O)[C@@H]42)[C@@H]3c2cc(Cl)ccc2O)cc1. The molecule has 3 fully saturated rings. The zero-order chi connectivity index (χ0) is 37.5. The van der Waals surface area contributed by atoms with Gasteiger partial charge in [-0.2, -0.15) is 5.01 Å². The number of hydrogen-bond acceptors (Lipinski definition) is 7. The van der Waals surface area contributed by atoms with Gasteiger partial charge in [-0.1, -0.05) is 76.3 Å². The summed E-state index contributed by atoms with van der Waals surface area (Å²) in [7, 11) is 1.52. The Kier molecular flexibility index (Phi) is 8.77. The van der Waals surface area contributed by atoms with Crippen LogP contribution >= 0.6 is 46.4 Å². The number of fused-ring (bicyclic) bond motifs is 4. The maximum Gasteiger partial charge on any atom is 0.260 e. The molecular weight excluding hydrogens is 760 g/mol. The van der Waals surface area contributed by atoms with Gasteiger partial charge in [0.1, 0.15) is 11.5 Å². The summed E-state index contributed by atoms with van der Waals surface area (Å²) in [5.41, 5.74) is 4.19. The van der Waals surface area contributed by atoms with E-state index in [0.29, 0.717) is 43.2 Å². The number of halogens is 4. The fourth-order valence-corrected chi connectivity index (χ4v) is 9.73. The summed E-state index contributed by atoms with van der Waals surface area (Å²) in [6.07, 6.45) is 2.15. The van der Waals surface area contributed by atoms with Gasteiger partial charge in [-0.25, -0.2) is 4.90 Å². The van der Waals surface area contributed by atoms with E-state index >= 15 is 4.79 Å². The molecule has 4 aliphatic rings. The number of anilines is 2. The standard InChI is InChI=1S/C40H31Cl4N3O6/c1-19-3-8-23(17-30(19)43)46-36(49)26-12-11-25-27(34(26)38(46)51)18-29-37(50)47(45-32-13-6-22(42)16-31(32)44)39(52)40(29,20-4-9-24(53-2)10-5-20)35(25)28-15-21(41)7-14-33(28)48/h3-11,13-17,26-27,29,34-35,45,48H,12,18H2,1-2H3/t26-,27+,29-,34-,35+,40+/m0/s1. The molecule has 6 atom stereocenters. The van der Waals surface area contributed by atoms with Crippen molar-refractivity contribution in [3.8, 4) is 11.5 Å². The molecule has 0 radical (unpaired) electrons. The highest BCUT2D eigenvalue weighted by Gasteiger charge is 2.70. The fourth-order valence-electron chi connectivity index (χ4n) is 8.92. The Labute approximate surface area is 325 Å². The molecule has 270 valence electrons. The van der Waals surface area contributed by atoms with Crippen molar-refractivity contribution in [1.82, 2.24) is 5.01 Å². The van der Waals surface area contributed by atoms with E-state index in [1.165, 1.54) is 30.2 Å². The number of carbonyl (C=O) groups excluding carboxylic acids is 4. The Morgan fingerprint density at radius 3 is 2.23 bits per heavy atom. The number of allylic oxidation sites excluding steroid dienone is 2. The van der Waals surface area contributed by atoms with Crippen molar-refractivity contribution in [2.24, 2.45) is 23.7 Å². The average molecular weight is 792 g/mol. The Morgan fingerprint density at radius 1 is 0.811 bits per heavy atom. The molecule has 0 bridgehead atoms. The molecule has 8 rings (SSSR count). The number of methoxy groups -OCH3 is 1. The van der Waals surface area contributed by atoms with Crippen molar-refractivity contribution in [1.29, 1.82) is 0 Å². The van der Waals surface area contributed by atoms with Gasteiger partial charge in [-0.3, -0.25) is 24.6 Å². The van der Waals surface area contributed by atoms with Gasteiger partial charge in [0.2, 0.25) is 11.8 Å². The van der Waals surface area contributed by atoms with Crippen molar-refractivity contribution in [2.45, 2.75) is 31.1 Å². The smallest absolute Gasteiger partial charge is 0.260 e. The van der Waals surface area contributed by atoms with Crippen LogP contribution in [0.3, 0.4) is 0 Å². The predicted octanol–water partition coefficient (Wildman–Crippen LogP) is 8.51. The molecule has 4 amide bonds. The summed E-state index contributed by atoms with van der Waals surface area (Å²) in [6.45, 7) is 1.83. The lowest BCUT2D eigenvalue weighted by molar-refractivity contribution is -0.138. The van der Waals surface area contributed by atoms with Crippen molar-refractivity contribution >= 4 is 81.4 Å². The highest BCUT2D eigenvalue weighted by Crippen LogP contribution is 2.65. The second-order valence-electron chi connectivity index (χ2n) is 13.9. The van der Waals surface area contributed by atoms with Crippen LogP contribution < -0.4 is 15.1 Å². The first-order valence-electron chi connectivity index (χ1n) is 16.9. The van der Waals surface area contributed by atoms with E-state index < -0.39 is 52.7 Å². The molecular formula is C40H31Cl4N3O6. The molecule has 13 heteroatoms. The fraction of sp³-hybridized carbons (Fsp3) is 0.250. The van der Waals surface area contributed by atoms with Gasteiger partial charge in [-0.15, -0.1) is 0 Å². The lowest BCUT2D eigenvalue weighted by Gasteiger charge is -2.50. The van der Waals surface area contributed by atoms with Gasteiger partial charge in [0.15, 0.2) is 0 Å². The van der Waals surface area contributed by atoms with Gasteiger partial charge >= 0.3 is 0 Å². The van der Waals surface area contributed by atoms with Crippen LogP contribution in [0.4, 0.5) is 11.4 Å². The molecule has 4 aromatic carbocycles. The summed E-state index contributed by atoms with van der Waals surface area (Å²) in [5, 5.41) is 13.8. The van der Waals surface area contributed by atoms with Crippen molar-refractivity contribution in [2.75, 3.05) is 17.4 Å². The molecule has 2 aliphatic heterocycles. The number of phenols is 1. The molecule has 2 aliphatic carbocycles. The minimum absolute atomic E-state index is 0.0511. The number of hydrogen-bond donors (Lipinski definition) is 2. The number of nitrogens with one attached hydrogen (secondary N) is 1. The molecule has 0 aromatic heterocycles. The molecule has 0 unspecified atom stereocenters. The first-order chi connectivity index (χ1) is 25.4. The predicted molar refractivity (Wildman–Crippen MR) is 202 cm³/mol. The number of benzene rings is 4. The van der Waals surface area contributed by atoms with E-state index in [0.717, 1.165) is 10.6 Å². The Bertz CT molecular complexity index is 2280. The van der Waals surface area contributed by atoms with Crippen LogP contribution in [-0.4, -0.2) is 40.9 Å². The summed E-state index contributed by atoms with van der Waals surface area (Å²) >= 11 is 25.7. The molecule has 4 aromatic rings. The number of carbonyl (C=O) groups is 4. The van der Waals surface area contributed by atoms with Crippen LogP contribution in [0.25, 0.3) is 0 Å². The molecule has 2 heterocycles. The van der Waals surface area contributed by atoms with Gasteiger partial charge in [0, 0.05) is 26.5 Å². The lowest BCUT2D eigenvalue weighted by Crippen LogP contribution is -2.53. The maximum absolute atomic E-state index is 15.4. The van der Waals surface area contributed by atoms with Crippen LogP contribution in [0.5, 0.6) is 11.5 Å². The van der Waals surface area contributed by atoms with Crippen LogP contribution in [-0.2, 0) is 24.6 Å². The average Bonchev–Trinajstić information content (AvgIpc) is 3.52. The topological polar surface area (TPSA) is 116 Å². The quantitative estimate of drug-likeness (QED) is 0.149. The second-order valence-corrected chi connectivity index (χ2v) is 15.5. The maximum atomic E-state index is 15.4. The van der Waals surface area contributed by atoms with Crippen LogP contribution in [0.2, 0.25) is 20.1 Å². The minimum Gasteiger partial charge on any atom is -0.508 e. The number of imide groups is 2. The molecule has 9 nitrogen and oxygen atoms in total. The van der Waals surface area contributed by atoms with E-state index in [-0.39, 0.29) is 35.2 Å². The van der Waals surface area contributed by atoms with E-state index in [4.69, 9.17) is 51.1 Å². The molecule has 2 N–H and O–H groups in total. The first-order valence-corrected chi connectivity index (χ1v) is 18.4. The van der Waals surface area contributed by atoms with E-state index in [1.54, 1.807) is 60.7 Å². The number of ether oxygens (including phenoxy) is 1. The number of aromatic hydroxyl groups is 1. The third-order valence-electron chi connectivity index (χ3n) is 11.3. The minimum atomic E-state index is -1.65. The van der Waals surface area contributed by atoms with Gasteiger partial charge in [0.05, 0.1) is 46.7 Å². The molecule has 53 heavy (non-hydrogen) atoms. The lowest BCUT2D eigenvalue weighted by atomic mass is 9.49. The second kappa shape index (κ2) is 13.1. The molecule has 1 saturated carbocycles. The zero-order valence-electron chi connectivity index (χ0n) is 28.3. The normalized spacial score (nSPS) is 26.3. The number of aryl methyl sites for hydroxylation is 1. The number of amides is 4. The Hall–Kier alpha value is -4.54. The Morgan fingerprint density at radius 2 is 1.53 bits per heavy atom. The van der Waals surface area contributed by atoms with E-state index in [1.807, 2.05) is 13.0 Å². The third kappa shape index (κ3) is 5.35. The van der Waals surface area contributed by atoms with Crippen LogP contribution in [0, 0.1) is 30.6 Å². The van der Waals surface area contributed by atoms with Crippen molar-refractivity contribution in [3.05, 3.63) is 127 Å². The highest BCUT2D eigenvalue weighted by atomic mass is 35.5. The number of rotatable bonds is 6. The monoisotopic (exact) mass is 789 g/mol. The van der Waals surface area contributed by atoms with Gasteiger partial charge < -0.3 is 9.84 Å². The first kappa shape index (κ1) is 35.5.